The normalized spacial score (nSPS) is 36.0. The van der Waals surface area contributed by atoms with Gasteiger partial charge in [0.15, 0.2) is 5.76 Å². The predicted molar refractivity (Wildman–Crippen MR) is 105 cm³/mol. The third kappa shape index (κ3) is 2.39. The van der Waals surface area contributed by atoms with Crippen LogP contribution in [0.4, 0.5) is 0 Å². The number of ether oxygens (including phenoxy) is 3. The Kier molecular flexibility index (Phi) is 4.16. The molecule has 8 nitrogen and oxygen atoms in total. The summed E-state index contributed by atoms with van der Waals surface area (Å²) in [4.78, 5) is 51.2. The molecule has 1 aromatic heterocycles. The van der Waals surface area contributed by atoms with Crippen molar-refractivity contribution in [3.63, 3.8) is 0 Å². The maximum absolute atomic E-state index is 13.7. The van der Waals surface area contributed by atoms with Crippen molar-refractivity contribution in [1.82, 2.24) is 0 Å². The van der Waals surface area contributed by atoms with Gasteiger partial charge in [0, 0.05) is 49.3 Å². The summed E-state index contributed by atoms with van der Waals surface area (Å²) in [5.74, 6) is -1.58. The fraction of sp³-hybridized carbons (Fsp3) is 0.565. The third-order valence-electron chi connectivity index (χ3n) is 7.70. The molecule has 1 saturated carbocycles. The number of allylic oxidation sites excluding steroid dienone is 1. The molecule has 0 aromatic carbocycles. The molecule has 0 unspecified atom stereocenters. The van der Waals surface area contributed by atoms with E-state index >= 15 is 0 Å². The van der Waals surface area contributed by atoms with Crippen LogP contribution < -0.4 is 0 Å². The Hall–Kier alpha value is -2.74. The van der Waals surface area contributed by atoms with Crippen molar-refractivity contribution in [2.45, 2.75) is 57.7 Å². The molecule has 0 bridgehead atoms. The molecule has 4 aliphatic rings. The highest BCUT2D eigenvalue weighted by atomic mass is 16.6. The quantitative estimate of drug-likeness (QED) is 0.676. The average molecular weight is 428 g/mol. The van der Waals surface area contributed by atoms with Crippen molar-refractivity contribution in [1.29, 1.82) is 0 Å². The van der Waals surface area contributed by atoms with Crippen molar-refractivity contribution in [2.75, 3.05) is 13.7 Å². The van der Waals surface area contributed by atoms with Crippen LogP contribution in [0, 0.1) is 11.3 Å². The molecule has 0 N–H and O–H groups in total. The molecule has 8 heteroatoms. The summed E-state index contributed by atoms with van der Waals surface area (Å²) < 4.78 is 22.4. The number of methoxy groups -OCH3 is 1. The summed E-state index contributed by atoms with van der Waals surface area (Å²) in [7, 11) is 1.50. The van der Waals surface area contributed by atoms with Gasteiger partial charge in [0.2, 0.25) is 5.78 Å². The molecule has 1 aliphatic heterocycles. The molecular weight excluding hydrogens is 404 g/mol. The fourth-order valence-corrected chi connectivity index (χ4v) is 6.28. The van der Waals surface area contributed by atoms with E-state index in [1.54, 1.807) is 0 Å². The Labute approximate surface area is 178 Å². The Morgan fingerprint density at radius 3 is 2.68 bits per heavy atom. The van der Waals surface area contributed by atoms with Gasteiger partial charge in [0.1, 0.15) is 29.8 Å². The summed E-state index contributed by atoms with van der Waals surface area (Å²) in [6, 6.07) is 0. The molecule has 1 aromatic rings. The summed E-state index contributed by atoms with van der Waals surface area (Å²) in [5.41, 5.74) is -0.0741. The number of cyclic esters (lactones) is 1. The van der Waals surface area contributed by atoms with Crippen LogP contribution in [0.5, 0.6) is 0 Å². The molecule has 5 atom stereocenters. The average Bonchev–Trinajstić information content (AvgIpc) is 3.27. The Balaban J connectivity index is 1.82. The van der Waals surface area contributed by atoms with Crippen LogP contribution in [0.3, 0.4) is 0 Å². The molecule has 164 valence electrons. The zero-order valence-electron chi connectivity index (χ0n) is 17.9. The molecule has 1 fully saturated rings. The number of Topliss-reactive ketones (excluding diaryl/α,β-unsaturated/α-hetero) is 2. The van der Waals surface area contributed by atoms with Crippen molar-refractivity contribution >= 4 is 23.5 Å². The smallest absolute Gasteiger partial charge is 0.342 e. The number of carbonyl (C=O) groups is 4. The maximum atomic E-state index is 13.7. The lowest BCUT2D eigenvalue weighted by molar-refractivity contribution is -0.149. The highest BCUT2D eigenvalue weighted by Crippen LogP contribution is 2.61. The van der Waals surface area contributed by atoms with E-state index in [2.05, 4.69) is 0 Å². The summed E-state index contributed by atoms with van der Waals surface area (Å²) in [5, 5.41) is 0. The van der Waals surface area contributed by atoms with Gasteiger partial charge < -0.3 is 18.6 Å². The van der Waals surface area contributed by atoms with Gasteiger partial charge in [-0.15, -0.1) is 0 Å². The van der Waals surface area contributed by atoms with Gasteiger partial charge in [-0.05, 0) is 18.9 Å². The number of hydrogen-bond acceptors (Lipinski definition) is 8. The standard InChI is InChI=1S/C23H24O8/c1-10(24)30-13-7-22(2)12(5-6-14(22)25)16-18(13)23(3)15(9-28-4)31-21(27)11-8-29-20(17(11)23)19(16)26/h8,12-13,15H,5-7,9H2,1-4H3/t12-,13+,15-,22+,23+/m0/s1. The Morgan fingerprint density at radius 2 is 2.00 bits per heavy atom. The molecule has 2 heterocycles. The van der Waals surface area contributed by atoms with Crippen LogP contribution in [-0.2, 0) is 29.2 Å². The van der Waals surface area contributed by atoms with Crippen LogP contribution >= 0.6 is 0 Å². The zero-order valence-corrected chi connectivity index (χ0v) is 17.9. The van der Waals surface area contributed by atoms with Crippen molar-refractivity contribution in [3.8, 4) is 0 Å². The van der Waals surface area contributed by atoms with Gasteiger partial charge in [-0.2, -0.15) is 0 Å². The molecular formula is C23H24O8. The van der Waals surface area contributed by atoms with E-state index in [-0.39, 0.29) is 41.8 Å². The zero-order chi connectivity index (χ0) is 22.3. The Bertz CT molecular complexity index is 1080. The largest absolute Gasteiger partial charge is 0.460 e. The predicted octanol–water partition coefficient (Wildman–Crippen LogP) is 2.54. The second kappa shape index (κ2) is 6.38. The van der Waals surface area contributed by atoms with Crippen molar-refractivity contribution < 1.29 is 37.8 Å². The minimum Gasteiger partial charge on any atom is -0.460 e. The van der Waals surface area contributed by atoms with E-state index < -0.39 is 35.0 Å². The maximum Gasteiger partial charge on any atom is 0.342 e. The first-order valence-electron chi connectivity index (χ1n) is 10.5. The number of ketones is 2. The topological polar surface area (TPSA) is 109 Å². The summed E-state index contributed by atoms with van der Waals surface area (Å²) >= 11 is 0. The number of esters is 2. The highest BCUT2D eigenvalue weighted by Gasteiger charge is 2.64. The third-order valence-corrected chi connectivity index (χ3v) is 7.70. The molecule has 0 radical (unpaired) electrons. The molecule has 5 rings (SSSR count). The SMILES string of the molecule is COC[C@@H]1OC(=O)c2coc3c2[C@]1(C)C1=C(C3=O)[C@@H]2CCC(=O)[C@]2(C)C[C@H]1OC(C)=O. The van der Waals surface area contributed by atoms with E-state index in [0.717, 1.165) is 0 Å². The monoisotopic (exact) mass is 428 g/mol. The van der Waals surface area contributed by atoms with Crippen LogP contribution in [-0.4, -0.2) is 49.4 Å². The second-order valence-corrected chi connectivity index (χ2v) is 9.30. The first-order chi connectivity index (χ1) is 14.6. The first-order valence-corrected chi connectivity index (χ1v) is 10.5. The van der Waals surface area contributed by atoms with Crippen LogP contribution in [0.1, 0.15) is 66.5 Å². The van der Waals surface area contributed by atoms with E-state index in [1.165, 1.54) is 20.3 Å². The minimum absolute atomic E-state index is 0.0635. The molecule has 0 spiro atoms. The number of carbonyl (C=O) groups excluding carboxylic acids is 4. The van der Waals surface area contributed by atoms with E-state index in [4.69, 9.17) is 18.6 Å². The fourth-order valence-electron chi connectivity index (χ4n) is 6.28. The van der Waals surface area contributed by atoms with E-state index in [0.29, 0.717) is 29.6 Å². The van der Waals surface area contributed by atoms with Gasteiger partial charge in [-0.3, -0.25) is 14.4 Å². The number of furan rings is 1. The van der Waals surface area contributed by atoms with Gasteiger partial charge in [-0.25, -0.2) is 4.79 Å². The second-order valence-electron chi connectivity index (χ2n) is 9.30. The summed E-state index contributed by atoms with van der Waals surface area (Å²) in [6.07, 6.45) is 0.906. The number of rotatable bonds is 3. The number of hydrogen-bond donors (Lipinski definition) is 0. The lowest BCUT2D eigenvalue weighted by Crippen LogP contribution is -2.57. The number of fused-ring (bicyclic) bond motifs is 3. The van der Waals surface area contributed by atoms with Crippen molar-refractivity contribution in [2.24, 2.45) is 11.3 Å². The molecule has 0 amide bonds. The van der Waals surface area contributed by atoms with Crippen LogP contribution in [0.2, 0.25) is 0 Å². The van der Waals surface area contributed by atoms with E-state index in [1.807, 2.05) is 13.8 Å². The van der Waals surface area contributed by atoms with Gasteiger partial charge >= 0.3 is 11.9 Å². The van der Waals surface area contributed by atoms with Gasteiger partial charge in [0.05, 0.1) is 12.0 Å². The molecule has 0 saturated heterocycles. The first kappa shape index (κ1) is 20.2. The molecule has 31 heavy (non-hydrogen) atoms. The van der Waals surface area contributed by atoms with Gasteiger partial charge in [0.25, 0.3) is 0 Å². The van der Waals surface area contributed by atoms with Crippen LogP contribution in [0.15, 0.2) is 21.8 Å². The lowest BCUT2D eigenvalue weighted by Gasteiger charge is -2.51. The van der Waals surface area contributed by atoms with Gasteiger partial charge in [-0.1, -0.05) is 6.92 Å². The van der Waals surface area contributed by atoms with E-state index in [9.17, 15) is 19.2 Å². The molecule has 3 aliphatic carbocycles. The highest BCUT2D eigenvalue weighted by molar-refractivity contribution is 6.14. The lowest BCUT2D eigenvalue weighted by atomic mass is 9.54. The van der Waals surface area contributed by atoms with Crippen molar-refractivity contribution in [3.05, 3.63) is 34.3 Å². The van der Waals surface area contributed by atoms with Crippen LogP contribution in [0.25, 0.3) is 0 Å². The Morgan fingerprint density at radius 1 is 1.26 bits per heavy atom. The minimum atomic E-state index is -0.988. The summed E-state index contributed by atoms with van der Waals surface area (Å²) in [6.45, 7) is 5.11.